The number of benzene rings is 8. The van der Waals surface area contributed by atoms with Crippen LogP contribution in [0.25, 0.3) is 83.1 Å². The summed E-state index contributed by atoms with van der Waals surface area (Å²) in [4.78, 5) is 7.56. The van der Waals surface area contributed by atoms with Crippen LogP contribution >= 0.6 is 0 Å². The fourth-order valence-electron chi connectivity index (χ4n) is 8.74. The van der Waals surface area contributed by atoms with Crippen molar-refractivity contribution in [2.24, 2.45) is 0 Å². The molecule has 4 nitrogen and oxygen atoms in total. The third-order valence-electron chi connectivity index (χ3n) is 11.5. The van der Waals surface area contributed by atoms with E-state index < -0.39 is 0 Å². The molecular weight excluding hydrogens is 705 g/mol. The molecule has 4 heteroatoms. The van der Waals surface area contributed by atoms with Crippen LogP contribution in [-0.4, -0.2) is 20.7 Å². The predicted octanol–water partition coefficient (Wildman–Crippen LogP) is 13.9. The van der Waals surface area contributed by atoms with Gasteiger partial charge in [0.1, 0.15) is 5.82 Å². The predicted molar refractivity (Wildman–Crippen MR) is 245 cm³/mol. The molecule has 10 aromatic rings. The lowest BCUT2D eigenvalue weighted by atomic mass is 9.96. The van der Waals surface area contributed by atoms with Crippen LogP contribution in [0.1, 0.15) is 5.56 Å². The molecule has 0 saturated carbocycles. The molecule has 3 heterocycles. The van der Waals surface area contributed by atoms with E-state index in [2.05, 4.69) is 227 Å². The molecule has 2 aromatic heterocycles. The summed E-state index contributed by atoms with van der Waals surface area (Å²) in [5.74, 6) is 0.933. The van der Waals surface area contributed by atoms with Gasteiger partial charge in [-0.15, -0.1) is 0 Å². The number of imidazole rings is 1. The number of hydrogen-bond donors (Lipinski definition) is 0. The number of para-hydroxylation sites is 4. The Morgan fingerprint density at radius 2 is 1.14 bits per heavy atom. The van der Waals surface area contributed by atoms with Crippen LogP contribution in [-0.2, 0) is 0 Å². The minimum atomic E-state index is 0.769. The lowest BCUT2D eigenvalue weighted by Crippen LogP contribution is -2.18. The number of allylic oxidation sites excluding steroid dienone is 4. The van der Waals surface area contributed by atoms with E-state index in [0.29, 0.717) is 0 Å². The number of rotatable bonds is 5. The van der Waals surface area contributed by atoms with Crippen LogP contribution in [0.3, 0.4) is 0 Å². The quantitative estimate of drug-likeness (QED) is 0.175. The number of hydrogen-bond acceptors (Lipinski definition) is 2. The summed E-state index contributed by atoms with van der Waals surface area (Å²) in [7, 11) is 0. The Hall–Kier alpha value is -7.69. The number of aromatic nitrogens is 3. The summed E-state index contributed by atoms with van der Waals surface area (Å²) in [6.07, 6.45) is 8.49. The van der Waals surface area contributed by atoms with E-state index in [0.717, 1.165) is 68.4 Å². The van der Waals surface area contributed by atoms with Crippen LogP contribution < -0.4 is 4.90 Å². The van der Waals surface area contributed by atoms with Gasteiger partial charge in [-0.3, -0.25) is 4.57 Å². The first-order valence-electron chi connectivity index (χ1n) is 19.8. The van der Waals surface area contributed by atoms with Crippen LogP contribution in [0.15, 0.2) is 213 Å². The first kappa shape index (κ1) is 33.6. The molecule has 58 heavy (non-hydrogen) atoms. The Bertz CT molecular complexity index is 3260. The molecule has 0 fully saturated rings. The number of nitrogens with zero attached hydrogens (tertiary/aromatic N) is 4. The zero-order chi connectivity index (χ0) is 38.6. The van der Waals surface area contributed by atoms with Crippen molar-refractivity contribution in [1.82, 2.24) is 14.1 Å². The monoisotopic (exact) mass is 742 g/mol. The third kappa shape index (κ3) is 5.57. The molecule has 0 bridgehead atoms. The molecule has 0 radical (unpaired) electrons. The molecule has 0 atom stereocenters. The lowest BCUT2D eigenvalue weighted by Gasteiger charge is -2.27. The maximum Gasteiger partial charge on any atom is 0.146 e. The summed E-state index contributed by atoms with van der Waals surface area (Å²) in [5.41, 5.74) is 14.4. The van der Waals surface area contributed by atoms with Crippen LogP contribution in [0.2, 0.25) is 0 Å². The van der Waals surface area contributed by atoms with Gasteiger partial charge in [0.05, 0.1) is 22.1 Å². The van der Waals surface area contributed by atoms with Crippen LogP contribution in [0, 0.1) is 0 Å². The number of fused-ring (bicyclic) bond motifs is 6. The lowest BCUT2D eigenvalue weighted by molar-refractivity contribution is 1.09. The highest BCUT2D eigenvalue weighted by Gasteiger charge is 2.19. The average molecular weight is 743 g/mol. The van der Waals surface area contributed by atoms with Gasteiger partial charge in [-0.1, -0.05) is 134 Å². The molecule has 0 aliphatic carbocycles. The molecule has 274 valence electrons. The van der Waals surface area contributed by atoms with Crippen molar-refractivity contribution in [1.29, 1.82) is 0 Å². The fourth-order valence-corrected chi connectivity index (χ4v) is 8.74. The first-order valence-corrected chi connectivity index (χ1v) is 19.8. The standard InChI is InChI=1S/C54H38N4/c1-37-15-4-3-13-34-56(41-18-5-2-6-19-41)50-32-26-39(35-47(37)50)40-27-33-52-48(36-40)45-21-9-11-24-51(45)57(52)42-28-30-43(31-29-42)58-53-25-12-10-23-49(53)55-54(58)46-22-14-17-38-16-7-8-20-44(38)46/h2-33,35-36H,1,34H2/b13-3-,15-4-. The zero-order valence-corrected chi connectivity index (χ0v) is 31.8. The molecule has 0 saturated heterocycles. The molecule has 0 unspecified atom stereocenters. The van der Waals surface area contributed by atoms with Gasteiger partial charge in [-0.25, -0.2) is 4.98 Å². The van der Waals surface area contributed by atoms with E-state index in [1.165, 1.54) is 38.1 Å². The van der Waals surface area contributed by atoms with Gasteiger partial charge in [0.25, 0.3) is 0 Å². The summed E-state index contributed by atoms with van der Waals surface area (Å²) in [5, 5.41) is 4.83. The Balaban J connectivity index is 1.01. The Morgan fingerprint density at radius 3 is 2.00 bits per heavy atom. The van der Waals surface area contributed by atoms with Gasteiger partial charge in [0.15, 0.2) is 0 Å². The summed E-state index contributed by atoms with van der Waals surface area (Å²) in [6.45, 7) is 5.27. The van der Waals surface area contributed by atoms with E-state index in [9.17, 15) is 0 Å². The molecular formula is C54H38N4. The Kier molecular flexibility index (Phi) is 8.00. The Labute approximate surface area is 337 Å². The molecule has 0 N–H and O–H groups in total. The van der Waals surface area contributed by atoms with E-state index in [4.69, 9.17) is 4.98 Å². The van der Waals surface area contributed by atoms with Gasteiger partial charge >= 0.3 is 0 Å². The van der Waals surface area contributed by atoms with E-state index in [-0.39, 0.29) is 0 Å². The SMILES string of the molecule is C=C1/C=C\C=C/CN(c2ccccc2)c2ccc(-c3ccc4c(c3)c3ccccc3n4-c3ccc(-n4c(-c5cccc6ccccc56)nc5ccccc54)cc3)cc21. The fraction of sp³-hybridized carbons (Fsp3) is 0.0185. The van der Waals surface area contributed by atoms with Crippen molar-refractivity contribution in [3.05, 3.63) is 218 Å². The second-order valence-corrected chi connectivity index (χ2v) is 14.9. The molecule has 11 rings (SSSR count). The second kappa shape index (κ2) is 13.8. The smallest absolute Gasteiger partial charge is 0.146 e. The summed E-state index contributed by atoms with van der Waals surface area (Å²) >= 11 is 0. The van der Waals surface area contributed by atoms with Gasteiger partial charge in [-0.2, -0.15) is 0 Å². The van der Waals surface area contributed by atoms with Crippen LogP contribution in [0.5, 0.6) is 0 Å². The zero-order valence-electron chi connectivity index (χ0n) is 31.8. The van der Waals surface area contributed by atoms with Crippen LogP contribution in [0.4, 0.5) is 11.4 Å². The van der Waals surface area contributed by atoms with Crippen molar-refractivity contribution < 1.29 is 0 Å². The summed E-state index contributed by atoms with van der Waals surface area (Å²) in [6, 6.07) is 65.3. The largest absolute Gasteiger partial charge is 0.337 e. The normalized spacial score (nSPS) is 14.1. The van der Waals surface area contributed by atoms with Crippen molar-refractivity contribution in [2.45, 2.75) is 0 Å². The minimum Gasteiger partial charge on any atom is -0.337 e. The first-order chi connectivity index (χ1) is 28.7. The molecule has 1 aliphatic heterocycles. The minimum absolute atomic E-state index is 0.769. The van der Waals surface area contributed by atoms with Gasteiger partial charge in [0, 0.05) is 51.2 Å². The maximum atomic E-state index is 5.20. The molecule has 0 spiro atoms. The number of anilines is 2. The van der Waals surface area contributed by atoms with E-state index in [1.54, 1.807) is 0 Å². The van der Waals surface area contributed by atoms with E-state index >= 15 is 0 Å². The third-order valence-corrected chi connectivity index (χ3v) is 11.5. The molecule has 8 aromatic carbocycles. The van der Waals surface area contributed by atoms with Crippen molar-refractivity contribution in [3.8, 4) is 33.9 Å². The van der Waals surface area contributed by atoms with Crippen molar-refractivity contribution >= 4 is 60.6 Å². The average Bonchev–Trinajstić information content (AvgIpc) is 3.85. The molecule has 1 aliphatic rings. The van der Waals surface area contributed by atoms with Crippen molar-refractivity contribution in [3.63, 3.8) is 0 Å². The molecule has 0 amide bonds. The van der Waals surface area contributed by atoms with Crippen molar-refractivity contribution in [2.75, 3.05) is 11.4 Å². The van der Waals surface area contributed by atoms with Gasteiger partial charge in [0.2, 0.25) is 0 Å². The second-order valence-electron chi connectivity index (χ2n) is 14.9. The summed E-state index contributed by atoms with van der Waals surface area (Å²) < 4.78 is 4.68. The topological polar surface area (TPSA) is 26.0 Å². The van der Waals surface area contributed by atoms with Gasteiger partial charge < -0.3 is 9.47 Å². The highest BCUT2D eigenvalue weighted by molar-refractivity contribution is 6.10. The van der Waals surface area contributed by atoms with E-state index in [1.807, 2.05) is 0 Å². The highest BCUT2D eigenvalue weighted by Crippen LogP contribution is 2.40. The Morgan fingerprint density at radius 1 is 0.466 bits per heavy atom. The highest BCUT2D eigenvalue weighted by atomic mass is 15.1. The van der Waals surface area contributed by atoms with Gasteiger partial charge in [-0.05, 0) is 106 Å². The maximum absolute atomic E-state index is 5.20.